The number of aryl methyl sites for hydroxylation is 1. The van der Waals surface area contributed by atoms with E-state index in [1.54, 1.807) is 30.5 Å². The first-order valence-electron chi connectivity index (χ1n) is 6.59. The number of hydrogen-bond acceptors (Lipinski definition) is 4. The van der Waals surface area contributed by atoms with Gasteiger partial charge in [0.1, 0.15) is 24.0 Å². The summed E-state index contributed by atoms with van der Waals surface area (Å²) in [7, 11) is 0. The van der Waals surface area contributed by atoms with Crippen molar-refractivity contribution in [2.45, 2.75) is 18.9 Å². The number of aromatic nitrogens is 3. The molecule has 6 heteroatoms. The van der Waals surface area contributed by atoms with Crippen molar-refractivity contribution < 1.29 is 13.9 Å². The molecule has 0 saturated heterocycles. The zero-order valence-electron chi connectivity index (χ0n) is 11.2. The third-order valence-electron chi connectivity index (χ3n) is 3.25. The van der Waals surface area contributed by atoms with E-state index in [1.807, 2.05) is 0 Å². The van der Waals surface area contributed by atoms with Gasteiger partial charge in [-0.3, -0.25) is 5.10 Å². The SMILES string of the molecule is OC(CCc1coc(-c2ccccc2F)c1)c1ncn[nH]1. The van der Waals surface area contributed by atoms with E-state index in [1.165, 1.54) is 12.4 Å². The van der Waals surface area contributed by atoms with Gasteiger partial charge in [-0.05, 0) is 36.6 Å². The lowest BCUT2D eigenvalue weighted by atomic mass is 10.1. The molecule has 0 fully saturated rings. The standard InChI is InChI=1S/C15H14FN3O2/c16-12-4-2-1-3-11(12)14-7-10(8-21-14)5-6-13(20)15-17-9-18-19-15/h1-4,7-9,13,20H,5-6H2,(H,17,18,19). The molecule has 0 radical (unpaired) electrons. The summed E-state index contributed by atoms with van der Waals surface area (Å²) < 4.78 is 19.1. The van der Waals surface area contributed by atoms with Crippen LogP contribution >= 0.6 is 0 Å². The smallest absolute Gasteiger partial charge is 0.153 e. The highest BCUT2D eigenvalue weighted by Crippen LogP contribution is 2.26. The quantitative estimate of drug-likeness (QED) is 0.756. The molecule has 0 bridgehead atoms. The normalized spacial score (nSPS) is 12.5. The minimum atomic E-state index is -0.709. The molecule has 0 aliphatic carbocycles. The average molecular weight is 287 g/mol. The first kappa shape index (κ1) is 13.5. The molecule has 3 rings (SSSR count). The number of aromatic amines is 1. The van der Waals surface area contributed by atoms with Crippen LogP contribution in [-0.4, -0.2) is 20.3 Å². The second-order valence-electron chi connectivity index (χ2n) is 4.72. The minimum Gasteiger partial charge on any atom is -0.464 e. The second-order valence-corrected chi connectivity index (χ2v) is 4.72. The minimum absolute atomic E-state index is 0.319. The van der Waals surface area contributed by atoms with Crippen LogP contribution in [0.3, 0.4) is 0 Å². The van der Waals surface area contributed by atoms with Crippen molar-refractivity contribution >= 4 is 0 Å². The van der Waals surface area contributed by atoms with Crippen LogP contribution < -0.4 is 0 Å². The van der Waals surface area contributed by atoms with Crippen LogP contribution in [-0.2, 0) is 6.42 Å². The summed E-state index contributed by atoms with van der Waals surface area (Å²) in [6.45, 7) is 0. The molecule has 0 amide bonds. The predicted octanol–water partition coefficient (Wildman–Crippen LogP) is 2.87. The fourth-order valence-corrected chi connectivity index (χ4v) is 2.12. The van der Waals surface area contributed by atoms with Gasteiger partial charge in [-0.25, -0.2) is 9.37 Å². The Bertz CT molecular complexity index is 709. The molecular weight excluding hydrogens is 273 g/mol. The first-order valence-corrected chi connectivity index (χ1v) is 6.59. The number of nitrogens with zero attached hydrogens (tertiary/aromatic N) is 2. The molecule has 1 atom stereocenters. The molecule has 5 nitrogen and oxygen atoms in total. The van der Waals surface area contributed by atoms with Crippen LogP contribution in [0.2, 0.25) is 0 Å². The van der Waals surface area contributed by atoms with Crippen LogP contribution in [0.15, 0.2) is 47.3 Å². The zero-order chi connectivity index (χ0) is 14.7. The summed E-state index contributed by atoms with van der Waals surface area (Å²) >= 11 is 0. The molecule has 0 saturated carbocycles. The van der Waals surface area contributed by atoms with Gasteiger partial charge in [0.05, 0.1) is 11.8 Å². The summed E-state index contributed by atoms with van der Waals surface area (Å²) in [6, 6.07) is 8.24. The van der Waals surface area contributed by atoms with Gasteiger partial charge in [0, 0.05) is 0 Å². The maximum atomic E-state index is 13.7. The average Bonchev–Trinajstić information content (AvgIpc) is 3.17. The highest BCUT2D eigenvalue weighted by molar-refractivity contribution is 5.58. The van der Waals surface area contributed by atoms with Crippen molar-refractivity contribution in [2.24, 2.45) is 0 Å². The Balaban J connectivity index is 1.67. The third-order valence-corrected chi connectivity index (χ3v) is 3.25. The number of rotatable bonds is 5. The fraction of sp³-hybridized carbons (Fsp3) is 0.200. The highest BCUT2D eigenvalue weighted by atomic mass is 19.1. The topological polar surface area (TPSA) is 74.9 Å². The Morgan fingerprint density at radius 1 is 1.33 bits per heavy atom. The number of halogens is 1. The number of aliphatic hydroxyl groups excluding tert-OH is 1. The molecule has 2 heterocycles. The predicted molar refractivity (Wildman–Crippen MR) is 73.8 cm³/mol. The van der Waals surface area contributed by atoms with Crippen molar-refractivity contribution in [2.75, 3.05) is 0 Å². The summed E-state index contributed by atoms with van der Waals surface area (Å²) in [5.41, 5.74) is 1.33. The van der Waals surface area contributed by atoms with E-state index < -0.39 is 6.10 Å². The Morgan fingerprint density at radius 2 is 2.19 bits per heavy atom. The molecule has 2 N–H and O–H groups in total. The Morgan fingerprint density at radius 3 is 2.95 bits per heavy atom. The number of aliphatic hydroxyl groups is 1. The van der Waals surface area contributed by atoms with Gasteiger partial charge in [-0.15, -0.1) is 0 Å². The molecule has 1 unspecified atom stereocenters. The summed E-state index contributed by atoms with van der Waals surface area (Å²) in [5, 5.41) is 16.2. The molecule has 0 aliphatic rings. The summed E-state index contributed by atoms with van der Waals surface area (Å²) in [5.74, 6) is 0.602. The zero-order valence-corrected chi connectivity index (χ0v) is 11.2. The summed E-state index contributed by atoms with van der Waals surface area (Å²) in [6.07, 6.45) is 3.30. The van der Waals surface area contributed by atoms with Gasteiger partial charge >= 0.3 is 0 Å². The number of furan rings is 1. The van der Waals surface area contributed by atoms with Crippen LogP contribution in [0, 0.1) is 5.82 Å². The molecule has 3 aromatic rings. The van der Waals surface area contributed by atoms with Crippen molar-refractivity contribution in [1.82, 2.24) is 15.2 Å². The number of H-pyrrole nitrogens is 1. The van der Waals surface area contributed by atoms with E-state index >= 15 is 0 Å². The molecule has 21 heavy (non-hydrogen) atoms. The van der Waals surface area contributed by atoms with Crippen LogP contribution in [0.1, 0.15) is 23.9 Å². The maximum Gasteiger partial charge on any atom is 0.153 e. The molecule has 0 aliphatic heterocycles. The molecular formula is C15H14FN3O2. The van der Waals surface area contributed by atoms with Crippen LogP contribution in [0.4, 0.5) is 4.39 Å². The number of benzene rings is 1. The molecule has 2 aromatic heterocycles. The van der Waals surface area contributed by atoms with Crippen molar-refractivity contribution in [3.63, 3.8) is 0 Å². The van der Waals surface area contributed by atoms with Gasteiger partial charge in [0.25, 0.3) is 0 Å². The third kappa shape index (κ3) is 3.00. The summed E-state index contributed by atoms with van der Waals surface area (Å²) in [4.78, 5) is 3.90. The lowest BCUT2D eigenvalue weighted by molar-refractivity contribution is 0.158. The maximum absolute atomic E-state index is 13.7. The van der Waals surface area contributed by atoms with Gasteiger partial charge in [0.2, 0.25) is 0 Å². The monoisotopic (exact) mass is 287 g/mol. The van der Waals surface area contributed by atoms with E-state index in [-0.39, 0.29) is 5.82 Å². The Labute approximate surface area is 120 Å². The number of hydrogen-bond donors (Lipinski definition) is 2. The van der Waals surface area contributed by atoms with E-state index in [9.17, 15) is 9.50 Å². The lowest BCUT2D eigenvalue weighted by Crippen LogP contribution is -2.01. The van der Waals surface area contributed by atoms with E-state index in [4.69, 9.17) is 4.42 Å². The van der Waals surface area contributed by atoms with E-state index in [0.29, 0.717) is 30.0 Å². The Hall–Kier alpha value is -2.47. The fourth-order valence-electron chi connectivity index (χ4n) is 2.12. The largest absolute Gasteiger partial charge is 0.464 e. The second kappa shape index (κ2) is 5.88. The van der Waals surface area contributed by atoms with Crippen molar-refractivity contribution in [1.29, 1.82) is 0 Å². The molecule has 0 spiro atoms. The van der Waals surface area contributed by atoms with Crippen molar-refractivity contribution in [3.8, 4) is 11.3 Å². The Kier molecular flexibility index (Phi) is 3.79. The first-order chi connectivity index (χ1) is 10.2. The van der Waals surface area contributed by atoms with Gasteiger partial charge in [0.15, 0.2) is 5.82 Å². The van der Waals surface area contributed by atoms with Gasteiger partial charge < -0.3 is 9.52 Å². The van der Waals surface area contributed by atoms with E-state index in [0.717, 1.165) is 5.56 Å². The number of nitrogens with one attached hydrogen (secondary N) is 1. The van der Waals surface area contributed by atoms with Gasteiger partial charge in [-0.1, -0.05) is 12.1 Å². The molecule has 108 valence electrons. The van der Waals surface area contributed by atoms with Gasteiger partial charge in [-0.2, -0.15) is 5.10 Å². The molecule has 1 aromatic carbocycles. The van der Waals surface area contributed by atoms with Crippen molar-refractivity contribution in [3.05, 3.63) is 60.1 Å². The van der Waals surface area contributed by atoms with E-state index in [2.05, 4.69) is 15.2 Å². The van der Waals surface area contributed by atoms with Crippen LogP contribution in [0.25, 0.3) is 11.3 Å². The lowest BCUT2D eigenvalue weighted by Gasteiger charge is -2.04. The van der Waals surface area contributed by atoms with Crippen LogP contribution in [0.5, 0.6) is 0 Å². The highest BCUT2D eigenvalue weighted by Gasteiger charge is 2.13.